The predicted molar refractivity (Wildman–Crippen MR) is 129 cm³/mol. The number of rotatable bonds is 6. The zero-order chi connectivity index (χ0) is 24.1. The summed E-state index contributed by atoms with van der Waals surface area (Å²) in [5, 5.41) is 6.46. The Kier molecular flexibility index (Phi) is 7.01. The minimum atomic E-state index is -0.691. The number of amides is 4. The van der Waals surface area contributed by atoms with Crippen LogP contribution in [0.4, 0.5) is 4.79 Å². The van der Waals surface area contributed by atoms with E-state index in [-0.39, 0.29) is 17.8 Å². The molecule has 1 aliphatic rings. The molecule has 0 unspecified atom stereocenters. The quantitative estimate of drug-likeness (QED) is 0.522. The number of piperazine rings is 1. The van der Waals surface area contributed by atoms with Crippen LogP contribution in [-0.4, -0.2) is 72.0 Å². The Morgan fingerprint density at radius 3 is 2.53 bits per heavy atom. The largest absolute Gasteiger partial charge is 0.497 e. The van der Waals surface area contributed by atoms with Crippen molar-refractivity contribution in [1.82, 2.24) is 25.4 Å². The van der Waals surface area contributed by atoms with Crippen molar-refractivity contribution in [2.24, 2.45) is 0 Å². The molecule has 3 N–H and O–H groups in total. The van der Waals surface area contributed by atoms with Gasteiger partial charge in [0.2, 0.25) is 5.91 Å². The number of nitrogens with zero attached hydrogens (tertiary/aromatic N) is 2. The number of fused-ring (bicyclic) bond motifs is 1. The zero-order valence-corrected chi connectivity index (χ0v) is 19.3. The fourth-order valence-corrected chi connectivity index (χ4v) is 4.00. The molecule has 0 bridgehead atoms. The van der Waals surface area contributed by atoms with E-state index in [1.807, 2.05) is 48.5 Å². The highest BCUT2D eigenvalue weighted by molar-refractivity contribution is 6.06. The molecule has 34 heavy (non-hydrogen) atoms. The van der Waals surface area contributed by atoms with Gasteiger partial charge in [-0.15, -0.1) is 0 Å². The Morgan fingerprint density at radius 2 is 1.76 bits per heavy atom. The van der Waals surface area contributed by atoms with E-state index >= 15 is 0 Å². The van der Waals surface area contributed by atoms with Gasteiger partial charge in [0.05, 0.1) is 12.7 Å². The molecule has 0 spiro atoms. The molecule has 2 heterocycles. The maximum Gasteiger partial charge on any atom is 0.318 e. The predicted octanol–water partition coefficient (Wildman–Crippen LogP) is 2.35. The van der Waals surface area contributed by atoms with E-state index in [0.29, 0.717) is 38.3 Å². The Labute approximate surface area is 198 Å². The molecule has 9 heteroatoms. The van der Waals surface area contributed by atoms with Crippen LogP contribution in [0, 0.1) is 0 Å². The number of hydrogen-bond acceptors (Lipinski definition) is 4. The minimum Gasteiger partial charge on any atom is -0.497 e. The minimum absolute atomic E-state index is 0.0530. The number of aromatic nitrogens is 1. The molecule has 4 amide bonds. The van der Waals surface area contributed by atoms with Gasteiger partial charge in [0.1, 0.15) is 11.8 Å². The summed E-state index contributed by atoms with van der Waals surface area (Å²) in [5.74, 6) is 0.391. The number of nitrogens with one attached hydrogen (secondary N) is 3. The number of benzene rings is 2. The highest BCUT2D eigenvalue weighted by Crippen LogP contribution is 2.20. The van der Waals surface area contributed by atoms with Crippen LogP contribution in [0.25, 0.3) is 10.9 Å². The van der Waals surface area contributed by atoms with E-state index in [4.69, 9.17) is 4.74 Å². The Balaban J connectivity index is 1.25. The van der Waals surface area contributed by atoms with Crippen LogP contribution in [0.5, 0.6) is 5.75 Å². The number of ether oxygens (including phenoxy) is 1. The summed E-state index contributed by atoms with van der Waals surface area (Å²) in [5.41, 5.74) is 2.46. The molecular weight excluding hydrogens is 434 g/mol. The fourth-order valence-electron chi connectivity index (χ4n) is 4.00. The Bertz CT molecular complexity index is 1180. The summed E-state index contributed by atoms with van der Waals surface area (Å²) in [6, 6.07) is 14.1. The molecule has 4 rings (SSSR count). The van der Waals surface area contributed by atoms with Crippen LogP contribution in [0.2, 0.25) is 0 Å². The standard InChI is InChI=1S/C25H29N5O4/c1-17(23(31)27-15-18-6-5-7-19(14-18)34-2)28-25(33)30-12-10-29(11-13-30)24(32)21-16-26-22-9-4-3-8-20(21)22/h3-9,14,16-17,26H,10-13,15H2,1-2H3,(H,27,31)(H,28,33)/t17-/m1/s1. The molecule has 1 fully saturated rings. The van der Waals surface area contributed by atoms with E-state index in [2.05, 4.69) is 15.6 Å². The van der Waals surface area contributed by atoms with Crippen molar-refractivity contribution in [3.05, 3.63) is 65.9 Å². The fraction of sp³-hybridized carbons (Fsp3) is 0.320. The van der Waals surface area contributed by atoms with Gasteiger partial charge in [-0.25, -0.2) is 4.79 Å². The van der Waals surface area contributed by atoms with Crippen molar-refractivity contribution in [3.8, 4) is 5.75 Å². The van der Waals surface area contributed by atoms with Crippen molar-refractivity contribution in [2.75, 3.05) is 33.3 Å². The number of aromatic amines is 1. The average Bonchev–Trinajstić information content (AvgIpc) is 3.31. The lowest BCUT2D eigenvalue weighted by Gasteiger charge is -2.35. The van der Waals surface area contributed by atoms with E-state index in [1.165, 1.54) is 0 Å². The van der Waals surface area contributed by atoms with Gasteiger partial charge in [0.25, 0.3) is 5.91 Å². The van der Waals surface area contributed by atoms with Gasteiger partial charge in [0, 0.05) is 49.8 Å². The van der Waals surface area contributed by atoms with E-state index in [1.54, 1.807) is 30.0 Å². The first-order chi connectivity index (χ1) is 16.5. The highest BCUT2D eigenvalue weighted by Gasteiger charge is 2.27. The van der Waals surface area contributed by atoms with E-state index < -0.39 is 6.04 Å². The lowest BCUT2D eigenvalue weighted by atomic mass is 10.1. The van der Waals surface area contributed by atoms with Gasteiger partial charge in [-0.1, -0.05) is 30.3 Å². The molecule has 0 saturated carbocycles. The van der Waals surface area contributed by atoms with Gasteiger partial charge in [-0.05, 0) is 30.7 Å². The first kappa shape index (κ1) is 23.2. The normalized spacial score (nSPS) is 14.5. The molecule has 1 aromatic heterocycles. The van der Waals surface area contributed by atoms with Crippen molar-refractivity contribution in [2.45, 2.75) is 19.5 Å². The van der Waals surface area contributed by atoms with Crippen LogP contribution in [0.3, 0.4) is 0 Å². The summed E-state index contributed by atoms with van der Waals surface area (Å²) in [6.45, 7) is 3.65. The number of methoxy groups -OCH3 is 1. The lowest BCUT2D eigenvalue weighted by molar-refractivity contribution is -0.122. The van der Waals surface area contributed by atoms with Crippen molar-refractivity contribution in [3.63, 3.8) is 0 Å². The maximum atomic E-state index is 13.0. The second-order valence-corrected chi connectivity index (χ2v) is 8.27. The summed E-state index contributed by atoms with van der Waals surface area (Å²) in [4.78, 5) is 44.6. The molecule has 1 atom stereocenters. The average molecular weight is 464 g/mol. The van der Waals surface area contributed by atoms with Gasteiger partial charge in [-0.3, -0.25) is 9.59 Å². The maximum absolute atomic E-state index is 13.0. The summed E-state index contributed by atoms with van der Waals surface area (Å²) >= 11 is 0. The van der Waals surface area contributed by atoms with Crippen LogP contribution < -0.4 is 15.4 Å². The Hall–Kier alpha value is -4.01. The van der Waals surface area contributed by atoms with Crippen molar-refractivity contribution < 1.29 is 19.1 Å². The molecule has 1 aliphatic heterocycles. The molecule has 0 aliphatic carbocycles. The monoisotopic (exact) mass is 463 g/mol. The number of H-pyrrole nitrogens is 1. The molecule has 1 saturated heterocycles. The van der Waals surface area contributed by atoms with Gasteiger partial charge in [-0.2, -0.15) is 0 Å². The van der Waals surface area contributed by atoms with Crippen LogP contribution in [0.1, 0.15) is 22.8 Å². The van der Waals surface area contributed by atoms with Crippen molar-refractivity contribution >= 4 is 28.7 Å². The molecule has 178 valence electrons. The number of carbonyl (C=O) groups excluding carboxylic acids is 3. The van der Waals surface area contributed by atoms with Gasteiger partial charge < -0.3 is 30.2 Å². The number of carbonyl (C=O) groups is 3. The van der Waals surface area contributed by atoms with Crippen LogP contribution >= 0.6 is 0 Å². The first-order valence-corrected chi connectivity index (χ1v) is 11.3. The van der Waals surface area contributed by atoms with Gasteiger partial charge in [0.15, 0.2) is 0 Å². The van der Waals surface area contributed by atoms with E-state index in [0.717, 1.165) is 22.2 Å². The number of para-hydroxylation sites is 1. The second-order valence-electron chi connectivity index (χ2n) is 8.27. The summed E-state index contributed by atoms with van der Waals surface area (Å²) in [7, 11) is 1.59. The zero-order valence-electron chi connectivity index (χ0n) is 19.3. The summed E-state index contributed by atoms with van der Waals surface area (Å²) in [6.07, 6.45) is 1.73. The SMILES string of the molecule is COc1cccc(CNC(=O)[C@@H](C)NC(=O)N2CCN(C(=O)c3c[nH]c4ccccc34)CC2)c1. The molecule has 0 radical (unpaired) electrons. The highest BCUT2D eigenvalue weighted by atomic mass is 16.5. The second kappa shape index (κ2) is 10.3. The van der Waals surface area contributed by atoms with Gasteiger partial charge >= 0.3 is 6.03 Å². The number of urea groups is 1. The third kappa shape index (κ3) is 5.14. The summed E-state index contributed by atoms with van der Waals surface area (Å²) < 4.78 is 5.19. The first-order valence-electron chi connectivity index (χ1n) is 11.3. The molecule has 9 nitrogen and oxygen atoms in total. The lowest BCUT2D eigenvalue weighted by Crippen LogP contribution is -2.56. The smallest absolute Gasteiger partial charge is 0.318 e. The molecule has 2 aromatic carbocycles. The number of hydrogen-bond donors (Lipinski definition) is 3. The van der Waals surface area contributed by atoms with Crippen LogP contribution in [0.15, 0.2) is 54.7 Å². The molecular formula is C25H29N5O4. The molecule has 3 aromatic rings. The van der Waals surface area contributed by atoms with E-state index in [9.17, 15) is 14.4 Å². The van der Waals surface area contributed by atoms with Crippen molar-refractivity contribution in [1.29, 1.82) is 0 Å². The third-order valence-electron chi connectivity index (χ3n) is 6.01. The Morgan fingerprint density at radius 1 is 1.03 bits per heavy atom. The van der Waals surface area contributed by atoms with Crippen LogP contribution in [-0.2, 0) is 11.3 Å². The topological polar surface area (TPSA) is 107 Å². The third-order valence-corrected chi connectivity index (χ3v) is 6.01.